The maximum absolute atomic E-state index is 14.1. The summed E-state index contributed by atoms with van der Waals surface area (Å²) in [5.74, 6) is 0.497. The number of fused-ring (bicyclic) bond motifs is 2. The number of carbonyl (C=O) groups excluding carboxylic acids is 2. The van der Waals surface area contributed by atoms with Crippen LogP contribution in [-0.4, -0.2) is 47.8 Å². The first kappa shape index (κ1) is 27.9. The molecule has 1 saturated carbocycles. The number of hydrogen-bond acceptors (Lipinski definition) is 2. The fourth-order valence-electron chi connectivity index (χ4n) is 6.15. The fourth-order valence-corrected chi connectivity index (χ4v) is 6.15. The Hall–Kier alpha value is -1.32. The van der Waals surface area contributed by atoms with Crippen LogP contribution in [-0.2, 0) is 9.59 Å². The highest BCUT2D eigenvalue weighted by molar-refractivity contribution is 5.86. The minimum atomic E-state index is -0.200. The number of carbonyl (C=O) groups is 2. The smallest absolute Gasteiger partial charge is 0.226 e. The van der Waals surface area contributed by atoms with Crippen LogP contribution in [0.4, 0.5) is 0 Å². The Balaban J connectivity index is 2.29. The Morgan fingerprint density at radius 1 is 0.818 bits per heavy atom. The van der Waals surface area contributed by atoms with E-state index in [9.17, 15) is 9.59 Å². The van der Waals surface area contributed by atoms with Crippen LogP contribution in [0.1, 0.15) is 112 Å². The third-order valence-corrected chi connectivity index (χ3v) is 8.17. The summed E-state index contributed by atoms with van der Waals surface area (Å²) in [6.45, 7) is 16.7. The predicted octanol–water partition coefficient (Wildman–Crippen LogP) is 6.84. The first-order valence-electron chi connectivity index (χ1n) is 14.0. The van der Waals surface area contributed by atoms with Gasteiger partial charge in [0.05, 0.1) is 5.92 Å². The van der Waals surface area contributed by atoms with Crippen LogP contribution in [0, 0.1) is 22.7 Å². The van der Waals surface area contributed by atoms with Gasteiger partial charge >= 0.3 is 0 Å². The van der Waals surface area contributed by atoms with Gasteiger partial charge in [0.1, 0.15) is 0 Å². The molecule has 2 rings (SSSR count). The van der Waals surface area contributed by atoms with Crippen molar-refractivity contribution < 1.29 is 9.59 Å². The lowest BCUT2D eigenvalue weighted by Crippen LogP contribution is -2.45. The minimum Gasteiger partial charge on any atom is -0.343 e. The summed E-state index contributed by atoms with van der Waals surface area (Å²) in [6, 6.07) is 0. The molecule has 190 valence electrons. The second kappa shape index (κ2) is 13.0. The zero-order valence-electron chi connectivity index (χ0n) is 22.6. The Labute approximate surface area is 204 Å². The highest BCUT2D eigenvalue weighted by atomic mass is 16.2. The third kappa shape index (κ3) is 7.33. The van der Waals surface area contributed by atoms with Gasteiger partial charge in [-0.15, -0.1) is 0 Å². The molecule has 1 fully saturated rings. The van der Waals surface area contributed by atoms with E-state index in [4.69, 9.17) is 0 Å². The van der Waals surface area contributed by atoms with E-state index in [-0.39, 0.29) is 34.5 Å². The highest BCUT2D eigenvalue weighted by Crippen LogP contribution is 2.62. The lowest BCUT2D eigenvalue weighted by Gasteiger charge is -2.38. The Morgan fingerprint density at radius 3 is 1.70 bits per heavy atom. The largest absolute Gasteiger partial charge is 0.343 e. The molecule has 4 heteroatoms. The molecule has 0 aromatic heterocycles. The van der Waals surface area contributed by atoms with Gasteiger partial charge in [-0.2, -0.15) is 0 Å². The second-order valence-electron chi connectivity index (χ2n) is 11.4. The van der Waals surface area contributed by atoms with Gasteiger partial charge in [0.2, 0.25) is 11.8 Å². The molecule has 0 heterocycles. The Kier molecular flexibility index (Phi) is 11.0. The molecule has 33 heavy (non-hydrogen) atoms. The van der Waals surface area contributed by atoms with Gasteiger partial charge in [0, 0.05) is 32.6 Å². The zero-order valence-corrected chi connectivity index (χ0v) is 22.6. The number of amides is 2. The van der Waals surface area contributed by atoms with Gasteiger partial charge in [0.25, 0.3) is 0 Å². The topological polar surface area (TPSA) is 40.6 Å². The monoisotopic (exact) mass is 460 g/mol. The molecular weight excluding hydrogens is 408 g/mol. The first-order valence-corrected chi connectivity index (χ1v) is 14.0. The van der Waals surface area contributed by atoms with E-state index in [2.05, 4.69) is 63.5 Å². The van der Waals surface area contributed by atoms with Crippen molar-refractivity contribution in [2.24, 2.45) is 22.7 Å². The normalized spacial score (nSPS) is 26.5. The minimum absolute atomic E-state index is 0.0359. The van der Waals surface area contributed by atoms with Crippen molar-refractivity contribution in [2.75, 3.05) is 26.2 Å². The number of rotatable bonds is 16. The molecule has 2 bridgehead atoms. The summed E-state index contributed by atoms with van der Waals surface area (Å²) in [6.07, 6.45) is 15.7. The van der Waals surface area contributed by atoms with Crippen molar-refractivity contribution in [1.29, 1.82) is 0 Å². The van der Waals surface area contributed by atoms with Gasteiger partial charge in [-0.1, -0.05) is 79.4 Å². The number of unbranched alkanes of at least 4 members (excludes halogenated alkanes) is 4. The second-order valence-corrected chi connectivity index (χ2v) is 11.4. The van der Waals surface area contributed by atoms with Crippen LogP contribution in [0.2, 0.25) is 0 Å². The van der Waals surface area contributed by atoms with Crippen molar-refractivity contribution in [3.8, 4) is 0 Å². The molecule has 0 spiro atoms. The van der Waals surface area contributed by atoms with Gasteiger partial charge < -0.3 is 9.80 Å². The molecule has 0 radical (unpaired) electrons. The maximum Gasteiger partial charge on any atom is 0.226 e. The SMILES string of the molecule is CCCCN(CCCC)C(=O)CC(C(=O)N(CCCC)CCCC)C1CC2(C)C=CC1(C)C2. The molecular formula is C29H52N2O2. The summed E-state index contributed by atoms with van der Waals surface area (Å²) in [5.41, 5.74) is 0.219. The van der Waals surface area contributed by atoms with Crippen molar-refractivity contribution >= 4 is 11.8 Å². The molecule has 4 unspecified atom stereocenters. The van der Waals surface area contributed by atoms with Crippen LogP contribution >= 0.6 is 0 Å². The van der Waals surface area contributed by atoms with Gasteiger partial charge in [-0.25, -0.2) is 0 Å². The zero-order chi connectivity index (χ0) is 24.5. The van der Waals surface area contributed by atoms with Crippen LogP contribution in [0.15, 0.2) is 12.2 Å². The standard InChI is InChI=1S/C29H52N2O2/c1-7-11-17-30(18-12-8-2)26(32)21-24(25-22-28(5)15-16-29(25,6)23-28)27(33)31(19-13-9-3)20-14-10-4/h15-16,24-25H,7-14,17-23H2,1-6H3. The molecule has 4 nitrogen and oxygen atoms in total. The van der Waals surface area contributed by atoms with E-state index in [0.717, 1.165) is 90.4 Å². The van der Waals surface area contributed by atoms with Gasteiger partial charge in [-0.05, 0) is 55.3 Å². The maximum atomic E-state index is 14.1. The van der Waals surface area contributed by atoms with Crippen LogP contribution in [0.25, 0.3) is 0 Å². The van der Waals surface area contributed by atoms with Crippen LogP contribution in [0.5, 0.6) is 0 Å². The molecule has 0 N–H and O–H groups in total. The average Bonchev–Trinajstić information content (AvgIpc) is 3.25. The highest BCUT2D eigenvalue weighted by Gasteiger charge is 2.55. The molecule has 0 saturated heterocycles. The summed E-state index contributed by atoms with van der Waals surface area (Å²) in [7, 11) is 0. The van der Waals surface area contributed by atoms with Crippen LogP contribution in [0.3, 0.4) is 0 Å². The van der Waals surface area contributed by atoms with E-state index >= 15 is 0 Å². The summed E-state index contributed by atoms with van der Waals surface area (Å²) in [5, 5.41) is 0. The molecule has 4 atom stereocenters. The molecule has 2 aliphatic carbocycles. The van der Waals surface area contributed by atoms with E-state index in [1.165, 1.54) is 0 Å². The summed E-state index contributed by atoms with van der Waals surface area (Å²) >= 11 is 0. The van der Waals surface area contributed by atoms with Crippen molar-refractivity contribution in [3.05, 3.63) is 12.2 Å². The lowest BCUT2D eigenvalue weighted by molar-refractivity contribution is -0.144. The molecule has 2 aliphatic rings. The van der Waals surface area contributed by atoms with Gasteiger partial charge in [0.15, 0.2) is 0 Å². The first-order chi connectivity index (χ1) is 15.7. The number of hydrogen-bond donors (Lipinski definition) is 0. The van der Waals surface area contributed by atoms with E-state index in [1.54, 1.807) is 0 Å². The van der Waals surface area contributed by atoms with E-state index in [0.29, 0.717) is 6.42 Å². The van der Waals surface area contributed by atoms with Crippen LogP contribution < -0.4 is 0 Å². The molecule has 2 amide bonds. The Bertz CT molecular complexity index is 644. The van der Waals surface area contributed by atoms with Crippen molar-refractivity contribution in [1.82, 2.24) is 9.80 Å². The molecule has 0 aromatic rings. The summed E-state index contributed by atoms with van der Waals surface area (Å²) < 4.78 is 0. The molecule has 0 aromatic carbocycles. The van der Waals surface area contributed by atoms with Crippen molar-refractivity contribution in [2.45, 2.75) is 112 Å². The number of nitrogens with zero attached hydrogens (tertiary/aromatic N) is 2. The Morgan fingerprint density at radius 2 is 1.30 bits per heavy atom. The van der Waals surface area contributed by atoms with Crippen molar-refractivity contribution in [3.63, 3.8) is 0 Å². The number of allylic oxidation sites excluding steroid dienone is 2. The molecule has 0 aliphatic heterocycles. The summed E-state index contributed by atoms with van der Waals surface area (Å²) in [4.78, 5) is 31.9. The van der Waals surface area contributed by atoms with E-state index < -0.39 is 0 Å². The fraction of sp³-hybridized carbons (Fsp3) is 0.862. The third-order valence-electron chi connectivity index (χ3n) is 8.17. The van der Waals surface area contributed by atoms with Gasteiger partial charge in [-0.3, -0.25) is 9.59 Å². The van der Waals surface area contributed by atoms with E-state index in [1.807, 2.05) is 0 Å². The lowest BCUT2D eigenvalue weighted by atomic mass is 9.70. The quantitative estimate of drug-likeness (QED) is 0.236. The average molecular weight is 461 g/mol. The predicted molar refractivity (Wildman–Crippen MR) is 139 cm³/mol.